The number of aromatic nitrogens is 1. The van der Waals surface area contributed by atoms with Gasteiger partial charge in [0.15, 0.2) is 4.90 Å². The van der Waals surface area contributed by atoms with E-state index in [2.05, 4.69) is 4.98 Å². The zero-order valence-electron chi connectivity index (χ0n) is 13.5. The van der Waals surface area contributed by atoms with Gasteiger partial charge >= 0.3 is 0 Å². The van der Waals surface area contributed by atoms with E-state index in [1.807, 2.05) is 0 Å². The van der Waals surface area contributed by atoms with Gasteiger partial charge in [0.05, 0.1) is 5.69 Å². The summed E-state index contributed by atoms with van der Waals surface area (Å²) in [6.07, 6.45) is 1.41. The molecule has 0 saturated heterocycles. The van der Waals surface area contributed by atoms with Crippen molar-refractivity contribution in [1.29, 1.82) is 0 Å². The average molecular weight is 378 g/mol. The van der Waals surface area contributed by atoms with Crippen LogP contribution in [0.2, 0.25) is 0 Å². The van der Waals surface area contributed by atoms with Crippen LogP contribution < -0.4 is 5.14 Å². The number of sulfonamides is 1. The van der Waals surface area contributed by atoms with Crippen LogP contribution in [-0.2, 0) is 10.0 Å². The minimum absolute atomic E-state index is 0.00369. The monoisotopic (exact) mass is 378 g/mol. The minimum Gasteiger partial charge on any atom is -0.256 e. The number of benzene rings is 2. The molecule has 26 heavy (non-hydrogen) atoms. The van der Waals surface area contributed by atoms with Crippen molar-refractivity contribution in [1.82, 2.24) is 4.98 Å². The van der Waals surface area contributed by atoms with Crippen LogP contribution >= 0.6 is 0 Å². The van der Waals surface area contributed by atoms with Crippen LogP contribution in [-0.4, -0.2) is 13.4 Å². The third-order valence-electron chi connectivity index (χ3n) is 3.85. The maximum absolute atomic E-state index is 14.2. The Morgan fingerprint density at radius 1 is 0.923 bits per heavy atom. The number of pyridine rings is 1. The van der Waals surface area contributed by atoms with Gasteiger partial charge in [-0.05, 0) is 42.3 Å². The van der Waals surface area contributed by atoms with E-state index in [1.54, 1.807) is 31.2 Å². The lowest BCUT2D eigenvalue weighted by Gasteiger charge is -2.11. The van der Waals surface area contributed by atoms with Crippen molar-refractivity contribution in [3.05, 3.63) is 71.7 Å². The number of hydrogen-bond donors (Lipinski definition) is 1. The maximum atomic E-state index is 14.2. The normalized spacial score (nSPS) is 11.6. The molecule has 0 atom stereocenters. The Bertz CT molecular complexity index is 1090. The third-order valence-corrected chi connectivity index (χ3v) is 4.81. The first-order valence-corrected chi connectivity index (χ1v) is 8.97. The first-order valence-electron chi connectivity index (χ1n) is 7.42. The Kier molecular flexibility index (Phi) is 4.55. The van der Waals surface area contributed by atoms with Crippen LogP contribution in [0.4, 0.5) is 13.2 Å². The molecule has 4 nitrogen and oxygen atoms in total. The molecule has 0 unspecified atom stereocenters. The zero-order chi connectivity index (χ0) is 19.1. The smallest absolute Gasteiger partial charge is 0.243 e. The number of nitrogens with zero attached hydrogens (tertiary/aromatic N) is 1. The van der Waals surface area contributed by atoms with Crippen LogP contribution in [0.1, 0.15) is 5.56 Å². The van der Waals surface area contributed by atoms with E-state index in [0.717, 1.165) is 12.1 Å². The van der Waals surface area contributed by atoms with Gasteiger partial charge in [0.25, 0.3) is 0 Å². The molecule has 1 aromatic heterocycles. The second-order valence-corrected chi connectivity index (χ2v) is 7.18. The number of hydrogen-bond acceptors (Lipinski definition) is 3. The first-order chi connectivity index (χ1) is 12.2. The summed E-state index contributed by atoms with van der Waals surface area (Å²) >= 11 is 0. The molecule has 8 heteroatoms. The number of halogens is 3. The summed E-state index contributed by atoms with van der Waals surface area (Å²) in [5, 5.41) is 4.83. The number of nitrogens with two attached hydrogens (primary N) is 1. The molecule has 0 aliphatic rings. The predicted molar refractivity (Wildman–Crippen MR) is 91.1 cm³/mol. The lowest BCUT2D eigenvalue weighted by atomic mass is 9.98. The van der Waals surface area contributed by atoms with Crippen LogP contribution in [0.3, 0.4) is 0 Å². The molecule has 0 fully saturated rings. The fourth-order valence-electron chi connectivity index (χ4n) is 2.60. The largest absolute Gasteiger partial charge is 0.256 e. The molecule has 0 saturated carbocycles. The van der Waals surface area contributed by atoms with Gasteiger partial charge in [-0.1, -0.05) is 18.2 Å². The Hall–Kier alpha value is -2.71. The molecule has 134 valence electrons. The van der Waals surface area contributed by atoms with Crippen molar-refractivity contribution in [3.8, 4) is 22.4 Å². The van der Waals surface area contributed by atoms with Crippen molar-refractivity contribution in [2.45, 2.75) is 11.8 Å². The lowest BCUT2D eigenvalue weighted by Crippen LogP contribution is -2.16. The highest BCUT2D eigenvalue weighted by molar-refractivity contribution is 7.89. The number of rotatable bonds is 3. The Balaban J connectivity index is 2.22. The first kappa shape index (κ1) is 18.1. The van der Waals surface area contributed by atoms with Crippen molar-refractivity contribution >= 4 is 10.0 Å². The van der Waals surface area contributed by atoms with E-state index in [0.29, 0.717) is 16.7 Å². The molecule has 0 amide bonds. The molecule has 1 heterocycles. The Labute approximate surface area is 148 Å². The van der Waals surface area contributed by atoms with E-state index < -0.39 is 32.4 Å². The molecule has 0 aliphatic heterocycles. The fraction of sp³-hybridized carbons (Fsp3) is 0.0556. The van der Waals surface area contributed by atoms with Crippen molar-refractivity contribution in [2.24, 2.45) is 5.14 Å². The van der Waals surface area contributed by atoms with Gasteiger partial charge in [0.1, 0.15) is 17.5 Å². The minimum atomic E-state index is -4.56. The molecule has 2 N–H and O–H groups in total. The van der Waals surface area contributed by atoms with E-state index in [9.17, 15) is 21.6 Å². The second kappa shape index (κ2) is 6.54. The maximum Gasteiger partial charge on any atom is 0.243 e. The summed E-state index contributed by atoms with van der Waals surface area (Å²) in [4.78, 5) is 2.91. The highest BCUT2D eigenvalue weighted by Gasteiger charge is 2.23. The Morgan fingerprint density at radius 3 is 2.12 bits per heavy atom. The van der Waals surface area contributed by atoms with E-state index in [4.69, 9.17) is 5.14 Å². The molecule has 3 aromatic rings. The van der Waals surface area contributed by atoms with Gasteiger partial charge in [0.2, 0.25) is 10.0 Å². The molecule has 0 spiro atoms. The van der Waals surface area contributed by atoms with Gasteiger partial charge in [-0.2, -0.15) is 0 Å². The van der Waals surface area contributed by atoms with Gasteiger partial charge in [-0.3, -0.25) is 4.98 Å². The molecule has 2 aromatic carbocycles. The van der Waals surface area contributed by atoms with Crippen molar-refractivity contribution in [2.75, 3.05) is 0 Å². The zero-order valence-corrected chi connectivity index (χ0v) is 14.3. The molecule has 3 rings (SSSR count). The van der Waals surface area contributed by atoms with Gasteiger partial charge in [-0.15, -0.1) is 0 Å². The third kappa shape index (κ3) is 3.33. The van der Waals surface area contributed by atoms with Gasteiger partial charge < -0.3 is 0 Å². The van der Waals surface area contributed by atoms with E-state index >= 15 is 0 Å². The average Bonchev–Trinajstić information content (AvgIpc) is 2.55. The highest BCUT2D eigenvalue weighted by atomic mass is 32.2. The summed E-state index contributed by atoms with van der Waals surface area (Å²) in [6.45, 7) is 1.61. The van der Waals surface area contributed by atoms with Crippen LogP contribution in [0, 0.1) is 24.4 Å². The van der Waals surface area contributed by atoms with Crippen molar-refractivity contribution < 1.29 is 21.6 Å². The predicted octanol–water partition coefficient (Wildman–Crippen LogP) is 3.79. The number of aryl methyl sites for hydroxylation is 1. The van der Waals surface area contributed by atoms with Crippen LogP contribution in [0.15, 0.2) is 53.6 Å². The SMILES string of the molecule is Cc1ccc(-c2cccnc2-c2cc(F)c(S(N)(=O)=O)c(F)c2)cc1F. The molecular weight excluding hydrogens is 365 g/mol. The van der Waals surface area contributed by atoms with Crippen LogP contribution in [0.5, 0.6) is 0 Å². The summed E-state index contributed by atoms with van der Waals surface area (Å²) in [5.74, 6) is -3.08. The summed E-state index contributed by atoms with van der Waals surface area (Å²) < 4.78 is 64.8. The molecular formula is C18H13F3N2O2S. The Morgan fingerprint density at radius 2 is 1.54 bits per heavy atom. The standard InChI is InChI=1S/C18H13F3N2O2S/c1-10-4-5-11(7-14(10)19)13-3-2-6-23-17(13)12-8-15(20)18(16(21)9-12)26(22,24)25/h2-9H,1H3,(H2,22,24,25). The molecule has 0 aliphatic carbocycles. The molecule has 0 bridgehead atoms. The summed E-state index contributed by atoms with van der Waals surface area (Å²) in [6, 6.07) is 9.41. The quantitative estimate of drug-likeness (QED) is 0.754. The topological polar surface area (TPSA) is 73.0 Å². The lowest BCUT2D eigenvalue weighted by molar-refractivity contribution is 0.520. The van der Waals surface area contributed by atoms with Gasteiger partial charge in [-0.25, -0.2) is 26.7 Å². The second-order valence-electron chi connectivity index (χ2n) is 5.68. The number of primary sulfonamides is 1. The fourth-order valence-corrected chi connectivity index (χ4v) is 3.26. The summed E-state index contributed by atoms with van der Waals surface area (Å²) in [5.41, 5.74) is 1.54. The molecule has 0 radical (unpaired) electrons. The van der Waals surface area contributed by atoms with E-state index in [-0.39, 0.29) is 11.3 Å². The highest BCUT2D eigenvalue weighted by Crippen LogP contribution is 2.33. The van der Waals surface area contributed by atoms with E-state index in [1.165, 1.54) is 12.3 Å². The van der Waals surface area contributed by atoms with Crippen LogP contribution in [0.25, 0.3) is 22.4 Å². The summed E-state index contributed by atoms with van der Waals surface area (Å²) in [7, 11) is -4.56. The van der Waals surface area contributed by atoms with Crippen molar-refractivity contribution in [3.63, 3.8) is 0 Å². The van der Waals surface area contributed by atoms with Gasteiger partial charge in [0, 0.05) is 17.3 Å².